The molecule has 2 fully saturated rings. The Labute approximate surface area is 181 Å². The number of nitrogens with one attached hydrogen (secondary N) is 1. The lowest BCUT2D eigenvalue weighted by Gasteiger charge is -2.43. The Kier molecular flexibility index (Phi) is 5.36. The summed E-state index contributed by atoms with van der Waals surface area (Å²) in [6, 6.07) is 13.5. The largest absolute Gasteiger partial charge is 0.355 e. The summed E-state index contributed by atoms with van der Waals surface area (Å²) in [5, 5.41) is 2.88. The molecule has 31 heavy (non-hydrogen) atoms. The molecule has 7 heteroatoms. The van der Waals surface area contributed by atoms with E-state index in [0.29, 0.717) is 51.6 Å². The van der Waals surface area contributed by atoms with E-state index in [9.17, 15) is 14.4 Å². The second kappa shape index (κ2) is 8.30. The van der Waals surface area contributed by atoms with E-state index in [1.807, 2.05) is 45.9 Å². The topological polar surface area (TPSA) is 74.7 Å². The van der Waals surface area contributed by atoms with Gasteiger partial charge in [-0.05, 0) is 30.5 Å². The molecule has 0 radical (unpaired) electrons. The highest BCUT2D eigenvalue weighted by molar-refractivity contribution is 5.94. The van der Waals surface area contributed by atoms with Crippen LogP contribution >= 0.6 is 0 Å². The van der Waals surface area contributed by atoms with Crippen molar-refractivity contribution < 1.29 is 9.59 Å². The Morgan fingerprint density at radius 3 is 2.68 bits per heavy atom. The SMILES string of the molecule is O=C1CCN(Cc2ccc3n(c2=O)C[C@H]2C[C@@H]3CN(C(=O)c3ccccc3)C2)CCN1. The monoisotopic (exact) mass is 420 g/mol. The molecule has 2 atom stereocenters. The van der Waals surface area contributed by atoms with Gasteiger partial charge in [-0.15, -0.1) is 0 Å². The highest BCUT2D eigenvalue weighted by Crippen LogP contribution is 2.35. The maximum atomic E-state index is 13.3. The van der Waals surface area contributed by atoms with E-state index in [1.165, 1.54) is 0 Å². The smallest absolute Gasteiger partial charge is 0.255 e. The number of fused-ring (bicyclic) bond motifs is 4. The number of amides is 2. The molecule has 5 rings (SSSR count). The second-order valence-electron chi connectivity index (χ2n) is 8.95. The van der Waals surface area contributed by atoms with Gasteiger partial charge in [-0.2, -0.15) is 0 Å². The standard InChI is InChI=1S/C24H28N4O3/c29-22-8-10-26(11-9-25-22)15-19-6-7-21-20-12-17(14-28(21)24(19)31)13-27(16-20)23(30)18-4-2-1-3-5-18/h1-7,17,20H,8-16H2,(H,25,29)/t17-,20+/m0/s1. The third-order valence-corrected chi connectivity index (χ3v) is 6.79. The van der Waals surface area contributed by atoms with Gasteiger partial charge in [0.2, 0.25) is 5.91 Å². The number of likely N-dealkylation sites (tertiary alicyclic amines) is 1. The number of nitrogens with zero attached hydrogens (tertiary/aromatic N) is 3. The van der Waals surface area contributed by atoms with E-state index in [4.69, 9.17) is 0 Å². The minimum absolute atomic E-state index is 0.0760. The van der Waals surface area contributed by atoms with Crippen LogP contribution in [-0.4, -0.2) is 58.9 Å². The predicted molar refractivity (Wildman–Crippen MR) is 117 cm³/mol. The maximum absolute atomic E-state index is 13.3. The molecule has 3 aliphatic heterocycles. The van der Waals surface area contributed by atoms with Gasteiger partial charge in [0.05, 0.1) is 0 Å². The van der Waals surface area contributed by atoms with Crippen molar-refractivity contribution in [1.29, 1.82) is 0 Å². The number of carbonyl (C=O) groups excluding carboxylic acids is 2. The van der Waals surface area contributed by atoms with Gasteiger partial charge in [0.1, 0.15) is 0 Å². The first-order valence-electron chi connectivity index (χ1n) is 11.1. The number of hydrogen-bond donors (Lipinski definition) is 1. The number of pyridine rings is 1. The Balaban J connectivity index is 1.35. The second-order valence-corrected chi connectivity index (χ2v) is 8.95. The third-order valence-electron chi connectivity index (χ3n) is 6.79. The molecule has 2 bridgehead atoms. The van der Waals surface area contributed by atoms with Crippen molar-refractivity contribution in [2.75, 3.05) is 32.7 Å². The quantitative estimate of drug-likeness (QED) is 0.815. The highest BCUT2D eigenvalue weighted by atomic mass is 16.2. The zero-order chi connectivity index (χ0) is 21.4. The molecular formula is C24H28N4O3. The lowest BCUT2D eigenvalue weighted by molar-refractivity contribution is -0.120. The van der Waals surface area contributed by atoms with Crippen LogP contribution in [0.2, 0.25) is 0 Å². The summed E-state index contributed by atoms with van der Waals surface area (Å²) in [5.41, 5.74) is 2.64. The summed E-state index contributed by atoms with van der Waals surface area (Å²) in [6.07, 6.45) is 1.50. The molecule has 2 saturated heterocycles. The fourth-order valence-corrected chi connectivity index (χ4v) is 5.25. The van der Waals surface area contributed by atoms with E-state index >= 15 is 0 Å². The van der Waals surface area contributed by atoms with Gasteiger partial charge < -0.3 is 14.8 Å². The zero-order valence-corrected chi connectivity index (χ0v) is 17.6. The average molecular weight is 421 g/mol. The van der Waals surface area contributed by atoms with E-state index in [2.05, 4.69) is 16.3 Å². The van der Waals surface area contributed by atoms with Crippen LogP contribution in [0, 0.1) is 5.92 Å². The van der Waals surface area contributed by atoms with Crippen LogP contribution in [0.4, 0.5) is 0 Å². The number of piperidine rings is 1. The summed E-state index contributed by atoms with van der Waals surface area (Å²) >= 11 is 0. The summed E-state index contributed by atoms with van der Waals surface area (Å²) < 4.78 is 1.94. The first kappa shape index (κ1) is 20.0. The van der Waals surface area contributed by atoms with Crippen LogP contribution in [0.1, 0.15) is 40.4 Å². The molecule has 0 saturated carbocycles. The Morgan fingerprint density at radius 1 is 1.00 bits per heavy atom. The first-order chi connectivity index (χ1) is 15.1. The van der Waals surface area contributed by atoms with Gasteiger partial charge in [-0.3, -0.25) is 19.3 Å². The number of rotatable bonds is 3. The molecule has 162 valence electrons. The highest BCUT2D eigenvalue weighted by Gasteiger charge is 2.37. The number of aromatic nitrogens is 1. The zero-order valence-electron chi connectivity index (χ0n) is 17.6. The molecule has 1 aromatic heterocycles. The number of carbonyl (C=O) groups is 2. The van der Waals surface area contributed by atoms with Crippen molar-refractivity contribution in [3.8, 4) is 0 Å². The van der Waals surface area contributed by atoms with Crippen molar-refractivity contribution in [2.24, 2.45) is 5.92 Å². The van der Waals surface area contributed by atoms with E-state index in [-0.39, 0.29) is 23.3 Å². The van der Waals surface area contributed by atoms with Gasteiger partial charge in [0.15, 0.2) is 0 Å². The van der Waals surface area contributed by atoms with Gasteiger partial charge in [0.25, 0.3) is 11.5 Å². The Bertz CT molecular complexity index is 1050. The lowest BCUT2D eigenvalue weighted by atomic mass is 9.82. The molecule has 1 aromatic carbocycles. The molecular weight excluding hydrogens is 392 g/mol. The molecule has 0 unspecified atom stereocenters. The van der Waals surface area contributed by atoms with Crippen LogP contribution in [-0.2, 0) is 17.9 Å². The molecule has 7 nitrogen and oxygen atoms in total. The molecule has 2 amide bonds. The van der Waals surface area contributed by atoms with Gasteiger partial charge in [-0.25, -0.2) is 0 Å². The van der Waals surface area contributed by atoms with Gasteiger partial charge >= 0.3 is 0 Å². The van der Waals surface area contributed by atoms with Crippen molar-refractivity contribution in [3.63, 3.8) is 0 Å². The third kappa shape index (κ3) is 4.02. The van der Waals surface area contributed by atoms with Crippen LogP contribution in [0.15, 0.2) is 47.3 Å². The van der Waals surface area contributed by atoms with Crippen molar-refractivity contribution >= 4 is 11.8 Å². The maximum Gasteiger partial charge on any atom is 0.255 e. The van der Waals surface area contributed by atoms with E-state index < -0.39 is 0 Å². The molecule has 0 aliphatic carbocycles. The molecule has 2 aromatic rings. The van der Waals surface area contributed by atoms with Crippen LogP contribution < -0.4 is 10.9 Å². The summed E-state index contributed by atoms with van der Waals surface area (Å²) in [5.74, 6) is 0.646. The van der Waals surface area contributed by atoms with Crippen LogP contribution in [0.3, 0.4) is 0 Å². The fraction of sp³-hybridized carbons (Fsp3) is 0.458. The molecule has 0 spiro atoms. The summed E-state index contributed by atoms with van der Waals surface area (Å²) in [6.45, 7) is 4.65. The number of hydrogen-bond acceptors (Lipinski definition) is 4. The summed E-state index contributed by atoms with van der Waals surface area (Å²) in [4.78, 5) is 42.0. The van der Waals surface area contributed by atoms with Gasteiger partial charge in [-0.1, -0.05) is 24.3 Å². The van der Waals surface area contributed by atoms with Crippen molar-refractivity contribution in [2.45, 2.75) is 31.8 Å². The summed E-state index contributed by atoms with van der Waals surface area (Å²) in [7, 11) is 0. The van der Waals surface area contributed by atoms with Crippen LogP contribution in [0.25, 0.3) is 0 Å². The molecule has 3 aliphatic rings. The minimum atomic E-state index is 0.0760. The van der Waals surface area contributed by atoms with E-state index in [0.717, 1.165) is 29.8 Å². The average Bonchev–Trinajstić information content (AvgIpc) is 3.00. The molecule has 4 heterocycles. The Hall–Kier alpha value is -2.93. The van der Waals surface area contributed by atoms with Crippen molar-refractivity contribution in [1.82, 2.24) is 19.7 Å². The van der Waals surface area contributed by atoms with E-state index in [1.54, 1.807) is 0 Å². The van der Waals surface area contributed by atoms with Crippen molar-refractivity contribution in [3.05, 3.63) is 69.6 Å². The molecule has 1 N–H and O–H groups in total. The minimum Gasteiger partial charge on any atom is -0.355 e. The lowest BCUT2D eigenvalue weighted by Crippen LogP contribution is -2.49. The first-order valence-corrected chi connectivity index (χ1v) is 11.1. The Morgan fingerprint density at radius 2 is 1.84 bits per heavy atom. The van der Waals surface area contributed by atoms with Gasteiger partial charge in [0, 0.05) is 75.0 Å². The normalized spacial score (nSPS) is 23.6. The van der Waals surface area contributed by atoms with Crippen LogP contribution in [0.5, 0.6) is 0 Å². The predicted octanol–water partition coefficient (Wildman–Crippen LogP) is 1.43. The number of benzene rings is 1. The fourth-order valence-electron chi connectivity index (χ4n) is 5.25.